The van der Waals surface area contributed by atoms with E-state index < -0.39 is 0 Å². The maximum absolute atomic E-state index is 4.34. The van der Waals surface area contributed by atoms with Crippen LogP contribution in [0.3, 0.4) is 0 Å². The average Bonchev–Trinajstić information content (AvgIpc) is 3.21. The van der Waals surface area contributed by atoms with Gasteiger partial charge in [-0.3, -0.25) is 4.68 Å². The molecule has 0 amide bonds. The molecule has 1 aliphatic heterocycles. The third-order valence-corrected chi connectivity index (χ3v) is 5.32. The molecule has 1 aliphatic rings. The molecule has 22 heavy (non-hydrogen) atoms. The summed E-state index contributed by atoms with van der Waals surface area (Å²) in [5.74, 6) is 0.788. The summed E-state index contributed by atoms with van der Waals surface area (Å²) in [6.45, 7) is 8.85. The van der Waals surface area contributed by atoms with Gasteiger partial charge in [0.05, 0.1) is 17.7 Å². The SMILES string of the molecule is Cc1ncsc1CN(C)C[C@H]1CCN(CCn2cccn2)C1. The Morgan fingerprint density at radius 3 is 3.05 bits per heavy atom. The van der Waals surface area contributed by atoms with E-state index in [0.717, 1.165) is 25.6 Å². The van der Waals surface area contributed by atoms with Gasteiger partial charge in [-0.25, -0.2) is 4.98 Å². The van der Waals surface area contributed by atoms with Gasteiger partial charge in [0, 0.05) is 43.4 Å². The van der Waals surface area contributed by atoms with Crippen molar-refractivity contribution in [2.24, 2.45) is 5.92 Å². The number of nitrogens with zero attached hydrogens (tertiary/aromatic N) is 5. The van der Waals surface area contributed by atoms with E-state index in [1.165, 1.54) is 36.6 Å². The monoisotopic (exact) mass is 319 g/mol. The number of aromatic nitrogens is 3. The summed E-state index contributed by atoms with van der Waals surface area (Å²) in [5, 5.41) is 4.27. The first-order chi connectivity index (χ1) is 10.7. The highest BCUT2D eigenvalue weighted by Gasteiger charge is 2.23. The molecule has 5 nitrogen and oxygen atoms in total. The second kappa shape index (κ2) is 7.35. The lowest BCUT2D eigenvalue weighted by atomic mass is 10.1. The maximum Gasteiger partial charge on any atom is 0.0798 e. The van der Waals surface area contributed by atoms with Gasteiger partial charge in [-0.1, -0.05) is 0 Å². The van der Waals surface area contributed by atoms with Gasteiger partial charge in [0.2, 0.25) is 0 Å². The lowest BCUT2D eigenvalue weighted by molar-refractivity contribution is 0.253. The van der Waals surface area contributed by atoms with Gasteiger partial charge < -0.3 is 9.80 Å². The molecule has 0 radical (unpaired) electrons. The van der Waals surface area contributed by atoms with Crippen LogP contribution in [0.5, 0.6) is 0 Å². The van der Waals surface area contributed by atoms with Crippen LogP contribution in [0.2, 0.25) is 0 Å². The molecular weight excluding hydrogens is 294 g/mol. The Bertz CT molecular complexity index is 565. The minimum absolute atomic E-state index is 0.788. The van der Waals surface area contributed by atoms with Gasteiger partial charge in [0.25, 0.3) is 0 Å². The first-order valence-electron chi connectivity index (χ1n) is 7.98. The van der Waals surface area contributed by atoms with E-state index in [1.54, 1.807) is 11.3 Å². The van der Waals surface area contributed by atoms with E-state index in [-0.39, 0.29) is 0 Å². The van der Waals surface area contributed by atoms with Crippen LogP contribution in [-0.2, 0) is 13.1 Å². The zero-order valence-corrected chi connectivity index (χ0v) is 14.3. The van der Waals surface area contributed by atoms with Crippen molar-refractivity contribution in [3.8, 4) is 0 Å². The summed E-state index contributed by atoms with van der Waals surface area (Å²) in [6, 6.07) is 1.99. The number of hydrogen-bond acceptors (Lipinski definition) is 5. The van der Waals surface area contributed by atoms with E-state index in [1.807, 2.05) is 28.7 Å². The second-order valence-electron chi connectivity index (χ2n) is 6.28. The van der Waals surface area contributed by atoms with Crippen molar-refractivity contribution in [2.45, 2.75) is 26.4 Å². The Labute approximate surface area is 136 Å². The molecule has 0 saturated carbocycles. The standard InChI is InChI=1S/C16H25N5S/c1-14-16(22-13-17-14)12-19(2)10-15-4-7-20(11-15)8-9-21-6-3-5-18-21/h3,5-6,13,15H,4,7-12H2,1-2H3/t15-/m1/s1. The van der Waals surface area contributed by atoms with Crippen molar-refractivity contribution in [1.29, 1.82) is 0 Å². The minimum Gasteiger partial charge on any atom is -0.301 e. The highest BCUT2D eigenvalue weighted by Crippen LogP contribution is 2.19. The van der Waals surface area contributed by atoms with Crippen molar-refractivity contribution in [1.82, 2.24) is 24.6 Å². The van der Waals surface area contributed by atoms with Gasteiger partial charge in [-0.2, -0.15) is 5.10 Å². The fourth-order valence-electron chi connectivity index (χ4n) is 3.17. The van der Waals surface area contributed by atoms with Gasteiger partial charge in [0.15, 0.2) is 0 Å². The molecule has 6 heteroatoms. The largest absolute Gasteiger partial charge is 0.301 e. The number of hydrogen-bond donors (Lipinski definition) is 0. The Morgan fingerprint density at radius 2 is 2.32 bits per heavy atom. The van der Waals surface area contributed by atoms with Gasteiger partial charge >= 0.3 is 0 Å². The first kappa shape index (κ1) is 15.6. The third-order valence-electron chi connectivity index (χ3n) is 4.40. The fraction of sp³-hybridized carbons (Fsp3) is 0.625. The van der Waals surface area contributed by atoms with Gasteiger partial charge in [0.1, 0.15) is 0 Å². The van der Waals surface area contributed by atoms with E-state index in [4.69, 9.17) is 0 Å². The van der Waals surface area contributed by atoms with Gasteiger partial charge in [-0.15, -0.1) is 11.3 Å². The summed E-state index contributed by atoms with van der Waals surface area (Å²) in [6.07, 6.45) is 5.20. The van der Waals surface area contributed by atoms with Crippen LogP contribution in [0.4, 0.5) is 0 Å². The zero-order chi connectivity index (χ0) is 15.4. The summed E-state index contributed by atoms with van der Waals surface area (Å²) >= 11 is 1.77. The van der Waals surface area contributed by atoms with Crippen LogP contribution in [0.25, 0.3) is 0 Å². The minimum atomic E-state index is 0.788. The van der Waals surface area contributed by atoms with Crippen LogP contribution in [0.1, 0.15) is 17.0 Å². The van der Waals surface area contributed by atoms with E-state index in [9.17, 15) is 0 Å². The quantitative estimate of drug-likeness (QED) is 0.783. The molecule has 0 unspecified atom stereocenters. The van der Waals surface area contributed by atoms with Crippen molar-refractivity contribution >= 4 is 11.3 Å². The highest BCUT2D eigenvalue weighted by molar-refractivity contribution is 7.09. The van der Waals surface area contributed by atoms with Crippen LogP contribution in [-0.4, -0.2) is 57.8 Å². The molecule has 3 rings (SSSR count). The zero-order valence-electron chi connectivity index (χ0n) is 13.5. The molecule has 0 bridgehead atoms. The van der Waals surface area contributed by atoms with Crippen molar-refractivity contribution in [3.63, 3.8) is 0 Å². The second-order valence-corrected chi connectivity index (χ2v) is 7.22. The summed E-state index contributed by atoms with van der Waals surface area (Å²) in [5.41, 5.74) is 3.13. The lowest BCUT2D eigenvalue weighted by Gasteiger charge is -2.21. The molecule has 1 atom stereocenters. The van der Waals surface area contributed by atoms with Crippen LogP contribution in [0.15, 0.2) is 24.0 Å². The molecular formula is C16H25N5S. The van der Waals surface area contributed by atoms with E-state index in [0.29, 0.717) is 0 Å². The molecule has 0 N–H and O–H groups in total. The van der Waals surface area contributed by atoms with Crippen molar-refractivity contribution in [3.05, 3.63) is 34.5 Å². The molecule has 2 aromatic rings. The number of rotatable bonds is 7. The van der Waals surface area contributed by atoms with Crippen LogP contribution < -0.4 is 0 Å². The van der Waals surface area contributed by atoms with E-state index in [2.05, 4.69) is 33.9 Å². The van der Waals surface area contributed by atoms with Gasteiger partial charge in [-0.05, 0) is 38.9 Å². The Hall–Kier alpha value is -1.24. The normalized spacial score (nSPS) is 19.3. The molecule has 0 aliphatic carbocycles. The van der Waals surface area contributed by atoms with E-state index >= 15 is 0 Å². The highest BCUT2D eigenvalue weighted by atomic mass is 32.1. The molecule has 1 saturated heterocycles. The Morgan fingerprint density at radius 1 is 1.41 bits per heavy atom. The maximum atomic E-state index is 4.34. The molecule has 0 spiro atoms. The summed E-state index contributed by atoms with van der Waals surface area (Å²) in [4.78, 5) is 10.8. The smallest absolute Gasteiger partial charge is 0.0798 e. The predicted octanol–water partition coefficient (Wildman–Crippen LogP) is 2.10. The average molecular weight is 319 g/mol. The molecule has 3 heterocycles. The van der Waals surface area contributed by atoms with Crippen LogP contribution in [0, 0.1) is 12.8 Å². The topological polar surface area (TPSA) is 37.2 Å². The number of aryl methyl sites for hydroxylation is 1. The van der Waals surface area contributed by atoms with Crippen molar-refractivity contribution < 1.29 is 0 Å². The number of thiazole rings is 1. The lowest BCUT2D eigenvalue weighted by Crippen LogP contribution is -2.29. The fourth-order valence-corrected chi connectivity index (χ4v) is 4.03. The predicted molar refractivity (Wildman–Crippen MR) is 90.0 cm³/mol. The van der Waals surface area contributed by atoms with Crippen LogP contribution >= 0.6 is 11.3 Å². The first-order valence-corrected chi connectivity index (χ1v) is 8.86. The molecule has 1 fully saturated rings. The Balaban J connectivity index is 1.39. The summed E-state index contributed by atoms with van der Waals surface area (Å²) in [7, 11) is 2.23. The molecule has 0 aromatic carbocycles. The number of likely N-dealkylation sites (tertiary alicyclic amines) is 1. The third kappa shape index (κ3) is 4.15. The van der Waals surface area contributed by atoms with Crippen molar-refractivity contribution in [2.75, 3.05) is 33.2 Å². The molecule has 120 valence electrons. The summed E-state index contributed by atoms with van der Waals surface area (Å²) < 4.78 is 2.02. The Kier molecular flexibility index (Phi) is 5.23. The molecule has 2 aromatic heterocycles.